The van der Waals surface area contributed by atoms with Crippen molar-refractivity contribution in [3.05, 3.63) is 132 Å². The second-order valence-electron chi connectivity index (χ2n) is 15.6. The van der Waals surface area contributed by atoms with Gasteiger partial charge in [0.2, 0.25) is 0 Å². The van der Waals surface area contributed by atoms with Crippen LogP contribution in [-0.2, 0) is 50.0 Å². The Kier molecular flexibility index (Phi) is 12.3. The molecule has 8 rings (SSSR count). The molecule has 0 spiro atoms. The highest BCUT2D eigenvalue weighted by Gasteiger charge is 2.40. The average Bonchev–Trinajstić information content (AvgIpc) is 4.10. The molecule has 5 aromatic heterocycles. The van der Waals surface area contributed by atoms with E-state index in [1.807, 2.05) is 0 Å². The third kappa shape index (κ3) is 9.43. The summed E-state index contributed by atoms with van der Waals surface area (Å²) in [7, 11) is 0. The number of rotatable bonds is 15. The molecule has 27 nitrogen and oxygen atoms in total. The number of nitrogens with zero attached hydrogens (tertiary/aromatic N) is 12. The van der Waals surface area contributed by atoms with Crippen LogP contribution in [0.5, 0.6) is 0 Å². The maximum Gasteiger partial charge on any atom is 0.330 e. The highest BCUT2D eigenvalue weighted by molar-refractivity contribution is 5.05. The van der Waals surface area contributed by atoms with Crippen molar-refractivity contribution in [2.45, 2.75) is 122 Å². The van der Waals surface area contributed by atoms with Gasteiger partial charge in [-0.05, 0) is 26.3 Å². The molecular weight excluding hydrogens is 834 g/mol. The molecular formula is C36H43N15O12. The Morgan fingerprint density at radius 2 is 1.08 bits per heavy atom. The molecule has 5 aromatic rings. The second kappa shape index (κ2) is 18.0. The van der Waals surface area contributed by atoms with Crippen molar-refractivity contribution in [3.8, 4) is 0 Å². The molecule has 3 fully saturated rings. The number of aromatic nitrogens is 12. The van der Waals surface area contributed by atoms with Gasteiger partial charge in [-0.1, -0.05) is 15.5 Å². The Bertz CT molecular complexity index is 2890. The zero-order valence-corrected chi connectivity index (χ0v) is 34.0. The van der Waals surface area contributed by atoms with Crippen LogP contribution in [0.1, 0.15) is 66.0 Å². The highest BCUT2D eigenvalue weighted by Crippen LogP contribution is 2.33. The standard InChI is InChI=1S/C36H43N15O12/c1-17-8-49(34(56)39-31(17)53)28-4-22(52)26(62-28)13-47-11-20(42-45-47)16-60-24-6-30(51-10-19(3)33(55)41-36(51)58)63-27(24)14-48-12-21(43-46-48)15-59-23-5-29(61-25(23)7-38-44-37)50-9-18(2)32(54)40-35(50)57/h8-12,22-30,52H,4-7,13-16H2,1-3H3,(H,39,53,56)(H,40,54,57)(H,41,55,58)/t22-,23-,24-,25+,26+,27+,28+,29+,30+/m0/s1. The van der Waals surface area contributed by atoms with Gasteiger partial charge < -0.3 is 28.8 Å². The van der Waals surface area contributed by atoms with Crippen LogP contribution in [0.15, 0.2) is 64.9 Å². The molecule has 334 valence electrons. The predicted octanol–water partition coefficient (Wildman–Crippen LogP) is -1.55. The summed E-state index contributed by atoms with van der Waals surface area (Å²) in [6.45, 7) is 4.78. The van der Waals surface area contributed by atoms with E-state index in [0.717, 1.165) is 0 Å². The Balaban J connectivity index is 0.920. The van der Waals surface area contributed by atoms with Crippen LogP contribution in [0.3, 0.4) is 0 Å². The molecule has 0 bridgehead atoms. The maximum absolute atomic E-state index is 12.9. The zero-order chi connectivity index (χ0) is 44.5. The summed E-state index contributed by atoms with van der Waals surface area (Å²) in [5.41, 5.74) is 7.24. The molecule has 0 saturated carbocycles. The lowest BCUT2D eigenvalue weighted by atomic mass is 10.1. The van der Waals surface area contributed by atoms with E-state index in [4.69, 9.17) is 29.2 Å². The third-order valence-electron chi connectivity index (χ3n) is 11.1. The molecule has 3 saturated heterocycles. The van der Waals surface area contributed by atoms with Crippen molar-refractivity contribution < 1.29 is 28.8 Å². The van der Waals surface area contributed by atoms with Crippen LogP contribution >= 0.6 is 0 Å². The van der Waals surface area contributed by atoms with E-state index in [1.54, 1.807) is 33.2 Å². The van der Waals surface area contributed by atoms with Crippen molar-refractivity contribution in [2.75, 3.05) is 6.54 Å². The van der Waals surface area contributed by atoms with Gasteiger partial charge in [-0.25, -0.2) is 23.7 Å². The summed E-state index contributed by atoms with van der Waals surface area (Å²) in [6, 6.07) is 0. The van der Waals surface area contributed by atoms with E-state index in [-0.39, 0.29) is 52.1 Å². The normalized spacial score (nSPS) is 25.7. The molecule has 0 amide bonds. The van der Waals surface area contributed by atoms with Crippen LogP contribution in [0.25, 0.3) is 10.4 Å². The van der Waals surface area contributed by atoms with Crippen molar-refractivity contribution >= 4 is 0 Å². The first-order chi connectivity index (χ1) is 30.2. The van der Waals surface area contributed by atoms with Crippen molar-refractivity contribution in [1.82, 2.24) is 58.6 Å². The Morgan fingerprint density at radius 3 is 1.56 bits per heavy atom. The molecule has 0 aliphatic carbocycles. The molecule has 0 radical (unpaired) electrons. The van der Waals surface area contributed by atoms with Crippen LogP contribution < -0.4 is 33.7 Å². The van der Waals surface area contributed by atoms with E-state index in [1.165, 1.54) is 41.7 Å². The summed E-state index contributed by atoms with van der Waals surface area (Å²) in [5.74, 6) is 0. The average molecular weight is 878 g/mol. The van der Waals surface area contributed by atoms with Crippen LogP contribution in [0.4, 0.5) is 0 Å². The fourth-order valence-electron chi connectivity index (χ4n) is 7.73. The number of hydrogen-bond donors (Lipinski definition) is 4. The fraction of sp³-hybridized carbons (Fsp3) is 0.556. The molecule has 3 aliphatic rings. The van der Waals surface area contributed by atoms with Gasteiger partial charge in [0, 0.05) is 59.5 Å². The van der Waals surface area contributed by atoms with Crippen molar-refractivity contribution in [2.24, 2.45) is 5.11 Å². The van der Waals surface area contributed by atoms with Crippen molar-refractivity contribution in [1.29, 1.82) is 0 Å². The Labute approximate surface area is 352 Å². The summed E-state index contributed by atoms with van der Waals surface area (Å²) < 4.78 is 37.6. The zero-order valence-electron chi connectivity index (χ0n) is 34.0. The van der Waals surface area contributed by atoms with Gasteiger partial charge in [-0.15, -0.1) is 10.2 Å². The summed E-state index contributed by atoms with van der Waals surface area (Å²) in [6.07, 6.45) is 1.25. The third-order valence-corrected chi connectivity index (χ3v) is 11.1. The molecule has 8 heterocycles. The number of azide groups is 1. The number of aliphatic hydroxyl groups is 1. The van der Waals surface area contributed by atoms with Gasteiger partial charge in [0.1, 0.15) is 42.3 Å². The lowest BCUT2D eigenvalue weighted by Gasteiger charge is -2.18. The topological polar surface area (TPSA) is 341 Å². The Hall–Kier alpha value is -6.61. The minimum atomic E-state index is -0.939. The monoisotopic (exact) mass is 877 g/mol. The minimum Gasteiger partial charge on any atom is -0.390 e. The van der Waals surface area contributed by atoms with Crippen LogP contribution in [-0.4, -0.2) is 107 Å². The lowest BCUT2D eigenvalue weighted by molar-refractivity contribution is -0.0528. The van der Waals surface area contributed by atoms with Gasteiger partial charge in [0.05, 0.1) is 69.7 Å². The minimum absolute atomic E-state index is 0.0256. The SMILES string of the molecule is Cc1cn([C@H]2C[C@H](OCc3cn(C[C@H]4O[C@@H](n5cc(C)c(=O)[nH]c5=O)C[C@@H]4OCc4cn(C[C@H]5O[C@@H](n6cc(C)c(=O)[nH]c6=O)C[C@@H]5O)nn4)nn3)[C@@H](CN=[N+]=[N-])O2)c(=O)[nH]c1=O. The fourth-order valence-corrected chi connectivity index (χ4v) is 7.73. The summed E-state index contributed by atoms with van der Waals surface area (Å²) in [5, 5.41) is 31.2. The Morgan fingerprint density at radius 1 is 0.667 bits per heavy atom. The van der Waals surface area contributed by atoms with E-state index in [9.17, 15) is 33.9 Å². The first kappa shape index (κ1) is 43.1. The maximum atomic E-state index is 12.9. The van der Waals surface area contributed by atoms with E-state index in [2.05, 4.69) is 45.6 Å². The summed E-state index contributed by atoms with van der Waals surface area (Å²) in [4.78, 5) is 83.3. The van der Waals surface area contributed by atoms with E-state index < -0.39 is 89.1 Å². The number of aromatic amines is 3. The number of hydrogen-bond acceptors (Lipinski definition) is 17. The number of nitrogens with one attached hydrogen (secondary N) is 3. The van der Waals surface area contributed by atoms with E-state index >= 15 is 0 Å². The van der Waals surface area contributed by atoms with E-state index in [0.29, 0.717) is 28.1 Å². The molecule has 63 heavy (non-hydrogen) atoms. The molecule has 0 aromatic carbocycles. The van der Waals surface area contributed by atoms with Crippen LogP contribution in [0, 0.1) is 20.8 Å². The largest absolute Gasteiger partial charge is 0.390 e. The van der Waals surface area contributed by atoms with Crippen molar-refractivity contribution in [3.63, 3.8) is 0 Å². The number of H-pyrrole nitrogens is 3. The van der Waals surface area contributed by atoms with Gasteiger partial charge in [0.15, 0.2) is 0 Å². The van der Waals surface area contributed by atoms with Crippen LogP contribution in [0.2, 0.25) is 0 Å². The van der Waals surface area contributed by atoms with Gasteiger partial charge >= 0.3 is 17.1 Å². The van der Waals surface area contributed by atoms with Gasteiger partial charge in [-0.3, -0.25) is 43.0 Å². The quantitative estimate of drug-likeness (QED) is 0.0525. The lowest BCUT2D eigenvalue weighted by Crippen LogP contribution is -2.33. The molecule has 3 aliphatic heterocycles. The first-order valence-electron chi connectivity index (χ1n) is 19.9. The second-order valence-corrected chi connectivity index (χ2v) is 15.6. The predicted molar refractivity (Wildman–Crippen MR) is 211 cm³/mol. The smallest absolute Gasteiger partial charge is 0.330 e. The molecule has 0 unspecified atom stereocenters. The highest BCUT2D eigenvalue weighted by atomic mass is 16.6. The molecule has 4 N–H and O–H groups in total. The molecule has 9 atom stereocenters. The van der Waals surface area contributed by atoms with Gasteiger partial charge in [0.25, 0.3) is 16.7 Å². The number of ether oxygens (including phenoxy) is 5. The number of aryl methyl sites for hydroxylation is 3. The first-order valence-corrected chi connectivity index (χ1v) is 19.9. The molecule has 27 heteroatoms. The summed E-state index contributed by atoms with van der Waals surface area (Å²) >= 11 is 0. The number of aliphatic hydroxyl groups excluding tert-OH is 1. The van der Waals surface area contributed by atoms with Gasteiger partial charge in [-0.2, -0.15) is 0 Å².